The van der Waals surface area contributed by atoms with Crippen molar-refractivity contribution in [2.24, 2.45) is 0 Å². The molecule has 0 radical (unpaired) electrons. The minimum Gasteiger partial charge on any atom is -0.317 e. The first-order chi connectivity index (χ1) is 13.8. The van der Waals surface area contributed by atoms with Crippen LogP contribution in [0.5, 0.6) is 0 Å². The van der Waals surface area contributed by atoms with E-state index in [0.717, 1.165) is 42.1 Å². The zero-order valence-electron chi connectivity index (χ0n) is 15.2. The van der Waals surface area contributed by atoms with Crippen molar-refractivity contribution in [3.05, 3.63) is 52.7 Å². The Morgan fingerprint density at radius 2 is 2.11 bits per heavy atom. The lowest BCUT2D eigenvalue weighted by atomic mass is 9.96. The van der Waals surface area contributed by atoms with Crippen LogP contribution in [0, 0.1) is 11.3 Å². The molecule has 0 fully saturated rings. The number of benzene rings is 1. The van der Waals surface area contributed by atoms with Crippen LogP contribution in [0.15, 0.2) is 41.8 Å². The van der Waals surface area contributed by atoms with E-state index >= 15 is 0 Å². The second-order valence-electron chi connectivity index (χ2n) is 6.49. The van der Waals surface area contributed by atoms with Crippen LogP contribution >= 0.6 is 23.1 Å². The molecule has 2 heterocycles. The summed E-state index contributed by atoms with van der Waals surface area (Å²) >= 11 is 3.05. The maximum Gasteiger partial charge on any atom is 0.225 e. The lowest BCUT2D eigenvalue weighted by Gasteiger charge is -2.09. The summed E-state index contributed by atoms with van der Waals surface area (Å²) < 4.78 is 1.91. The van der Waals surface area contributed by atoms with Crippen LogP contribution in [0.1, 0.15) is 35.3 Å². The molecule has 0 saturated heterocycles. The van der Waals surface area contributed by atoms with Gasteiger partial charge in [0, 0.05) is 22.7 Å². The van der Waals surface area contributed by atoms with Gasteiger partial charge < -0.3 is 5.32 Å². The second-order valence-corrected chi connectivity index (χ2v) is 8.66. The summed E-state index contributed by atoms with van der Waals surface area (Å²) in [6.07, 6.45) is 6.24. The number of rotatable bonds is 6. The minimum absolute atomic E-state index is 0.0756. The van der Waals surface area contributed by atoms with Crippen molar-refractivity contribution >= 4 is 34.0 Å². The van der Waals surface area contributed by atoms with Crippen LogP contribution in [0.4, 0.5) is 5.00 Å². The molecule has 8 heteroatoms. The third kappa shape index (κ3) is 3.96. The third-order valence-electron chi connectivity index (χ3n) is 4.65. The molecule has 6 nitrogen and oxygen atoms in total. The van der Waals surface area contributed by atoms with Gasteiger partial charge in [0.1, 0.15) is 17.4 Å². The molecule has 0 spiro atoms. The molecule has 0 unspecified atom stereocenters. The summed E-state index contributed by atoms with van der Waals surface area (Å²) in [5, 5.41) is 22.0. The Kier molecular flexibility index (Phi) is 5.74. The van der Waals surface area contributed by atoms with Gasteiger partial charge in [-0.15, -0.1) is 21.5 Å². The Bertz CT molecular complexity index is 1020. The van der Waals surface area contributed by atoms with Gasteiger partial charge in [-0.05, 0) is 43.4 Å². The van der Waals surface area contributed by atoms with Gasteiger partial charge in [0.05, 0.1) is 5.56 Å². The van der Waals surface area contributed by atoms with Gasteiger partial charge in [-0.2, -0.15) is 5.26 Å². The van der Waals surface area contributed by atoms with Gasteiger partial charge in [-0.25, -0.2) is 0 Å². The molecule has 1 N–H and O–H groups in total. The van der Waals surface area contributed by atoms with Crippen LogP contribution in [0.3, 0.4) is 0 Å². The molecule has 0 saturated carbocycles. The van der Waals surface area contributed by atoms with E-state index < -0.39 is 0 Å². The Morgan fingerprint density at radius 1 is 1.29 bits per heavy atom. The quantitative estimate of drug-likeness (QED) is 0.617. The molecule has 1 aromatic carbocycles. The normalized spacial score (nSPS) is 13.0. The number of fused-ring (bicyclic) bond motifs is 1. The first kappa shape index (κ1) is 18.7. The molecule has 3 aromatic rings. The van der Waals surface area contributed by atoms with Crippen LogP contribution in [-0.2, 0) is 17.6 Å². The number of hydrogen-bond donors (Lipinski definition) is 1. The second kappa shape index (κ2) is 8.59. The Labute approximate surface area is 171 Å². The number of nitriles is 1. The monoisotopic (exact) mass is 409 g/mol. The van der Waals surface area contributed by atoms with E-state index in [4.69, 9.17) is 0 Å². The Hall–Kier alpha value is -2.63. The molecule has 0 aliphatic heterocycles. The van der Waals surface area contributed by atoms with Crippen LogP contribution in [-0.4, -0.2) is 26.4 Å². The minimum atomic E-state index is -0.0756. The lowest BCUT2D eigenvalue weighted by molar-refractivity contribution is -0.115. The zero-order chi connectivity index (χ0) is 19.3. The molecule has 1 aliphatic carbocycles. The molecule has 0 bridgehead atoms. The fourth-order valence-electron chi connectivity index (χ4n) is 3.28. The highest BCUT2D eigenvalue weighted by atomic mass is 32.2. The predicted molar refractivity (Wildman–Crippen MR) is 111 cm³/mol. The summed E-state index contributed by atoms with van der Waals surface area (Å²) in [7, 11) is 0. The number of hydrogen-bond acceptors (Lipinski definition) is 6. The lowest BCUT2D eigenvalue weighted by Crippen LogP contribution is -2.12. The fraction of sp³-hybridized carbons (Fsp3) is 0.300. The maximum absolute atomic E-state index is 12.4. The van der Waals surface area contributed by atoms with Gasteiger partial charge in [0.15, 0.2) is 5.16 Å². The number of para-hydroxylation sites is 1. The summed E-state index contributed by atoms with van der Waals surface area (Å²) in [5.74, 6) is 0.512. The van der Waals surface area contributed by atoms with Gasteiger partial charge in [-0.3, -0.25) is 9.36 Å². The van der Waals surface area contributed by atoms with Crippen molar-refractivity contribution in [2.45, 2.75) is 37.3 Å². The number of aromatic nitrogens is 3. The van der Waals surface area contributed by atoms with Crippen molar-refractivity contribution in [1.29, 1.82) is 5.26 Å². The van der Waals surface area contributed by atoms with E-state index in [2.05, 4.69) is 21.6 Å². The van der Waals surface area contributed by atoms with E-state index in [1.54, 1.807) is 17.7 Å². The summed E-state index contributed by atoms with van der Waals surface area (Å²) in [5.41, 5.74) is 2.78. The van der Waals surface area contributed by atoms with Crippen molar-refractivity contribution in [1.82, 2.24) is 14.8 Å². The van der Waals surface area contributed by atoms with Crippen molar-refractivity contribution < 1.29 is 4.79 Å². The van der Waals surface area contributed by atoms with Crippen LogP contribution in [0.25, 0.3) is 5.69 Å². The molecule has 28 heavy (non-hydrogen) atoms. The average Bonchev–Trinajstić information content (AvgIpc) is 3.32. The van der Waals surface area contributed by atoms with Gasteiger partial charge in [0.2, 0.25) is 5.91 Å². The van der Waals surface area contributed by atoms with Crippen molar-refractivity contribution in [2.75, 3.05) is 11.1 Å². The highest BCUT2D eigenvalue weighted by molar-refractivity contribution is 7.99. The smallest absolute Gasteiger partial charge is 0.225 e. The Morgan fingerprint density at radius 3 is 2.93 bits per heavy atom. The predicted octanol–water partition coefficient (Wildman–Crippen LogP) is 4.20. The van der Waals surface area contributed by atoms with Gasteiger partial charge in [-0.1, -0.05) is 30.0 Å². The number of amides is 1. The molecule has 1 aliphatic rings. The third-order valence-corrected chi connectivity index (χ3v) is 6.80. The molecule has 1 amide bonds. The molecule has 0 atom stereocenters. The molecular weight excluding hydrogens is 390 g/mol. The van der Waals surface area contributed by atoms with Crippen molar-refractivity contribution in [3.63, 3.8) is 0 Å². The van der Waals surface area contributed by atoms with Gasteiger partial charge in [0.25, 0.3) is 0 Å². The number of nitrogens with one attached hydrogen (secondary N) is 1. The number of aryl methyl sites for hydroxylation is 1. The summed E-state index contributed by atoms with van der Waals surface area (Å²) in [4.78, 5) is 13.7. The summed E-state index contributed by atoms with van der Waals surface area (Å²) in [6.45, 7) is 0. The molecule has 4 rings (SSSR count). The van der Waals surface area contributed by atoms with Gasteiger partial charge >= 0.3 is 0 Å². The SMILES string of the molecule is N#Cc1c(NC(=O)CCSc2nncn2-c2ccccc2)sc2c1CCCC2. The van der Waals surface area contributed by atoms with E-state index in [1.165, 1.54) is 16.6 Å². The average molecular weight is 410 g/mol. The van der Waals surface area contributed by atoms with E-state index in [-0.39, 0.29) is 5.91 Å². The topological polar surface area (TPSA) is 83.6 Å². The van der Waals surface area contributed by atoms with E-state index in [0.29, 0.717) is 22.7 Å². The standard InChI is InChI=1S/C20H19N5OS2/c21-12-16-15-8-4-5-9-17(15)28-19(16)23-18(26)10-11-27-20-24-22-13-25(20)14-6-2-1-3-7-14/h1-3,6-7,13H,4-5,8-11H2,(H,23,26). The first-order valence-corrected chi connectivity index (χ1v) is 11.0. The Balaban J connectivity index is 1.36. The highest BCUT2D eigenvalue weighted by Gasteiger charge is 2.21. The number of carbonyl (C=O) groups excluding carboxylic acids is 1. The number of thioether (sulfide) groups is 1. The number of nitrogens with zero attached hydrogens (tertiary/aromatic N) is 4. The zero-order valence-corrected chi connectivity index (χ0v) is 16.9. The summed E-state index contributed by atoms with van der Waals surface area (Å²) in [6, 6.07) is 12.1. The van der Waals surface area contributed by atoms with E-state index in [1.807, 2.05) is 34.9 Å². The van der Waals surface area contributed by atoms with Crippen LogP contribution in [0.2, 0.25) is 0 Å². The number of anilines is 1. The molecular formula is C20H19N5OS2. The first-order valence-electron chi connectivity index (χ1n) is 9.19. The maximum atomic E-state index is 12.4. The highest BCUT2D eigenvalue weighted by Crippen LogP contribution is 2.37. The largest absolute Gasteiger partial charge is 0.317 e. The number of thiophene rings is 1. The number of carbonyl (C=O) groups is 1. The molecule has 2 aromatic heterocycles. The van der Waals surface area contributed by atoms with Crippen molar-refractivity contribution in [3.8, 4) is 11.8 Å². The fourth-order valence-corrected chi connectivity index (χ4v) is 5.41. The molecule has 142 valence electrons. The van der Waals surface area contributed by atoms with Crippen LogP contribution < -0.4 is 5.32 Å². The van der Waals surface area contributed by atoms with E-state index in [9.17, 15) is 10.1 Å².